The Morgan fingerprint density at radius 3 is 2.43 bits per heavy atom. The third-order valence-electron chi connectivity index (χ3n) is 5.07. The molecule has 0 atom stereocenters. The summed E-state index contributed by atoms with van der Waals surface area (Å²) in [6, 6.07) is 22.2. The first-order valence-corrected chi connectivity index (χ1v) is 9.76. The number of benzene rings is 3. The minimum Gasteiger partial charge on any atom is -0.492 e. The van der Waals surface area contributed by atoms with Gasteiger partial charge < -0.3 is 19.9 Å². The summed E-state index contributed by atoms with van der Waals surface area (Å²) < 4.78 is 5.74. The molecular formula is C23H25N3O2. The number of rotatable bonds is 4. The molecule has 1 saturated heterocycles. The van der Waals surface area contributed by atoms with Gasteiger partial charge in [0.1, 0.15) is 5.75 Å². The maximum atomic E-state index is 12.7. The molecule has 1 N–H and O–H groups in total. The smallest absolute Gasteiger partial charge is 0.321 e. The molecule has 4 rings (SSSR count). The number of ether oxygens (including phenoxy) is 1. The van der Waals surface area contributed by atoms with Crippen molar-refractivity contribution in [1.82, 2.24) is 4.90 Å². The average Bonchev–Trinajstić information content (AvgIpc) is 2.74. The Morgan fingerprint density at radius 2 is 1.64 bits per heavy atom. The summed E-state index contributed by atoms with van der Waals surface area (Å²) in [6.07, 6.45) is 0. The van der Waals surface area contributed by atoms with Crippen molar-refractivity contribution in [2.24, 2.45) is 0 Å². The molecule has 0 spiro atoms. The van der Waals surface area contributed by atoms with Crippen LogP contribution in [-0.4, -0.2) is 43.7 Å². The van der Waals surface area contributed by atoms with E-state index in [1.807, 2.05) is 60.4 Å². The third-order valence-corrected chi connectivity index (χ3v) is 5.07. The van der Waals surface area contributed by atoms with Gasteiger partial charge in [0.2, 0.25) is 0 Å². The van der Waals surface area contributed by atoms with Gasteiger partial charge in [0.15, 0.2) is 0 Å². The van der Waals surface area contributed by atoms with E-state index in [4.69, 9.17) is 4.74 Å². The van der Waals surface area contributed by atoms with E-state index in [1.165, 1.54) is 5.39 Å². The monoisotopic (exact) mass is 375 g/mol. The zero-order valence-electron chi connectivity index (χ0n) is 16.1. The molecule has 144 valence electrons. The fraction of sp³-hybridized carbons (Fsp3) is 0.261. The molecule has 0 saturated carbocycles. The lowest BCUT2D eigenvalue weighted by Gasteiger charge is -2.36. The predicted octanol–water partition coefficient (Wildman–Crippen LogP) is 4.59. The van der Waals surface area contributed by atoms with E-state index in [1.54, 1.807) is 0 Å². The first kappa shape index (κ1) is 18.2. The topological polar surface area (TPSA) is 44.8 Å². The summed E-state index contributed by atoms with van der Waals surface area (Å²) in [4.78, 5) is 16.8. The van der Waals surface area contributed by atoms with E-state index in [2.05, 4.69) is 28.4 Å². The second-order valence-electron chi connectivity index (χ2n) is 6.87. The van der Waals surface area contributed by atoms with Crippen LogP contribution in [0.25, 0.3) is 10.8 Å². The quantitative estimate of drug-likeness (QED) is 0.725. The molecule has 1 aliphatic rings. The number of piperazine rings is 1. The van der Waals surface area contributed by atoms with Crippen LogP contribution in [0.15, 0.2) is 66.7 Å². The summed E-state index contributed by atoms with van der Waals surface area (Å²) in [5.41, 5.74) is 1.92. The maximum Gasteiger partial charge on any atom is 0.321 e. The molecule has 5 nitrogen and oxygen atoms in total. The Kier molecular flexibility index (Phi) is 5.33. The minimum absolute atomic E-state index is 0.0481. The lowest BCUT2D eigenvalue weighted by atomic mass is 10.1. The van der Waals surface area contributed by atoms with Gasteiger partial charge in [0.05, 0.1) is 12.3 Å². The van der Waals surface area contributed by atoms with Gasteiger partial charge in [-0.05, 0) is 42.0 Å². The molecule has 5 heteroatoms. The number of amides is 2. The molecule has 0 unspecified atom stereocenters. The molecule has 0 aliphatic carbocycles. The molecule has 0 bridgehead atoms. The number of nitrogens with zero attached hydrogens (tertiary/aromatic N) is 2. The highest BCUT2D eigenvalue weighted by Crippen LogP contribution is 2.29. The molecular weight excluding hydrogens is 350 g/mol. The Morgan fingerprint density at radius 1 is 0.929 bits per heavy atom. The third kappa shape index (κ3) is 3.88. The van der Waals surface area contributed by atoms with Crippen molar-refractivity contribution in [2.75, 3.05) is 43.0 Å². The minimum atomic E-state index is -0.0481. The fourth-order valence-corrected chi connectivity index (χ4v) is 3.62. The van der Waals surface area contributed by atoms with Crippen molar-refractivity contribution in [3.05, 3.63) is 66.7 Å². The number of carbonyl (C=O) groups excluding carboxylic acids is 1. The molecule has 1 fully saturated rings. The Labute approximate surface area is 165 Å². The first-order chi connectivity index (χ1) is 13.7. The van der Waals surface area contributed by atoms with Gasteiger partial charge in [-0.3, -0.25) is 0 Å². The Hall–Kier alpha value is -3.21. The largest absolute Gasteiger partial charge is 0.492 e. The summed E-state index contributed by atoms with van der Waals surface area (Å²) in [5, 5.41) is 5.33. The van der Waals surface area contributed by atoms with Crippen LogP contribution in [-0.2, 0) is 0 Å². The van der Waals surface area contributed by atoms with Crippen molar-refractivity contribution >= 4 is 28.2 Å². The molecule has 1 heterocycles. The molecule has 3 aromatic rings. The van der Waals surface area contributed by atoms with Gasteiger partial charge in [0, 0.05) is 31.9 Å². The molecule has 0 radical (unpaired) electrons. The number of fused-ring (bicyclic) bond motifs is 1. The lowest BCUT2D eigenvalue weighted by molar-refractivity contribution is 0.208. The molecule has 2 amide bonds. The normalized spacial score (nSPS) is 14.2. The van der Waals surface area contributed by atoms with Gasteiger partial charge in [-0.2, -0.15) is 0 Å². The standard InChI is InChI=1S/C23H25N3O2/c1-2-28-22-10-6-5-9-21(22)25-13-15-26(16-14-25)23(27)24-20-12-11-18-7-3-4-8-19(18)17-20/h3-12,17H,2,13-16H2,1H3,(H,24,27). The number of hydrogen-bond donors (Lipinski definition) is 1. The molecule has 28 heavy (non-hydrogen) atoms. The number of para-hydroxylation sites is 2. The van der Waals surface area contributed by atoms with Crippen LogP contribution >= 0.6 is 0 Å². The van der Waals surface area contributed by atoms with Crippen LogP contribution in [0.4, 0.5) is 16.2 Å². The van der Waals surface area contributed by atoms with Crippen LogP contribution in [0.2, 0.25) is 0 Å². The zero-order chi connectivity index (χ0) is 19.3. The number of anilines is 2. The highest BCUT2D eigenvalue weighted by molar-refractivity contribution is 5.93. The lowest BCUT2D eigenvalue weighted by Crippen LogP contribution is -2.50. The van der Waals surface area contributed by atoms with Crippen molar-refractivity contribution in [1.29, 1.82) is 0 Å². The van der Waals surface area contributed by atoms with E-state index >= 15 is 0 Å². The summed E-state index contributed by atoms with van der Waals surface area (Å²) in [5.74, 6) is 0.902. The highest BCUT2D eigenvalue weighted by Gasteiger charge is 2.23. The van der Waals surface area contributed by atoms with Crippen molar-refractivity contribution in [3.8, 4) is 5.75 Å². The van der Waals surface area contributed by atoms with E-state index in [0.717, 1.165) is 35.6 Å². The predicted molar refractivity (Wildman–Crippen MR) is 114 cm³/mol. The van der Waals surface area contributed by atoms with Crippen LogP contribution < -0.4 is 15.0 Å². The van der Waals surface area contributed by atoms with Crippen molar-refractivity contribution in [3.63, 3.8) is 0 Å². The summed E-state index contributed by atoms with van der Waals surface area (Å²) in [6.45, 7) is 5.57. The molecule has 0 aromatic heterocycles. The zero-order valence-corrected chi connectivity index (χ0v) is 16.1. The van der Waals surface area contributed by atoms with E-state index in [0.29, 0.717) is 19.7 Å². The van der Waals surface area contributed by atoms with E-state index < -0.39 is 0 Å². The van der Waals surface area contributed by atoms with E-state index in [9.17, 15) is 4.79 Å². The van der Waals surface area contributed by atoms with Gasteiger partial charge in [-0.1, -0.05) is 42.5 Å². The molecule has 3 aromatic carbocycles. The first-order valence-electron chi connectivity index (χ1n) is 9.76. The summed E-state index contributed by atoms with van der Waals surface area (Å²) in [7, 11) is 0. The second kappa shape index (κ2) is 8.21. The Bertz CT molecular complexity index is 965. The molecule has 1 aliphatic heterocycles. The fourth-order valence-electron chi connectivity index (χ4n) is 3.62. The Balaban J connectivity index is 1.38. The highest BCUT2D eigenvalue weighted by atomic mass is 16.5. The van der Waals surface area contributed by atoms with Gasteiger partial charge in [0.25, 0.3) is 0 Å². The van der Waals surface area contributed by atoms with Crippen molar-refractivity contribution in [2.45, 2.75) is 6.92 Å². The average molecular weight is 375 g/mol. The number of nitrogens with one attached hydrogen (secondary N) is 1. The number of carbonyl (C=O) groups is 1. The van der Waals surface area contributed by atoms with Crippen LogP contribution in [0, 0.1) is 0 Å². The summed E-state index contributed by atoms with van der Waals surface area (Å²) >= 11 is 0. The van der Waals surface area contributed by atoms with Gasteiger partial charge in [-0.25, -0.2) is 4.79 Å². The SMILES string of the molecule is CCOc1ccccc1N1CCN(C(=O)Nc2ccc3ccccc3c2)CC1. The van der Waals surface area contributed by atoms with Gasteiger partial charge >= 0.3 is 6.03 Å². The van der Waals surface area contributed by atoms with Gasteiger partial charge in [-0.15, -0.1) is 0 Å². The second-order valence-corrected chi connectivity index (χ2v) is 6.87. The van der Waals surface area contributed by atoms with Crippen molar-refractivity contribution < 1.29 is 9.53 Å². The van der Waals surface area contributed by atoms with E-state index in [-0.39, 0.29) is 6.03 Å². The number of hydrogen-bond acceptors (Lipinski definition) is 3. The van der Waals surface area contributed by atoms with Crippen LogP contribution in [0.1, 0.15) is 6.92 Å². The maximum absolute atomic E-state index is 12.7. The van der Waals surface area contributed by atoms with Crippen LogP contribution in [0.3, 0.4) is 0 Å². The number of urea groups is 1. The van der Waals surface area contributed by atoms with Crippen LogP contribution in [0.5, 0.6) is 5.75 Å².